The topological polar surface area (TPSA) is 55.6 Å². The third-order valence-corrected chi connectivity index (χ3v) is 3.93. The molecule has 2 heterocycles. The molecule has 0 amide bonds. The van der Waals surface area contributed by atoms with Gasteiger partial charge in [0.15, 0.2) is 0 Å². The molecule has 1 aromatic carbocycles. The maximum Gasteiger partial charge on any atom is 0.133 e. The fourth-order valence-electron chi connectivity index (χ4n) is 2.67. The summed E-state index contributed by atoms with van der Waals surface area (Å²) in [6, 6.07) is 8.19. The van der Waals surface area contributed by atoms with Gasteiger partial charge in [0.1, 0.15) is 18.0 Å². The lowest BCUT2D eigenvalue weighted by Gasteiger charge is -2.06. The Bertz CT molecular complexity index is 817. The summed E-state index contributed by atoms with van der Waals surface area (Å²) in [7, 11) is 2.10. The molecule has 1 saturated carbocycles. The number of hydrogen-bond donors (Lipinski definition) is 1. The van der Waals surface area contributed by atoms with Crippen molar-refractivity contribution in [2.24, 2.45) is 7.05 Å². The van der Waals surface area contributed by atoms with Gasteiger partial charge in [-0.25, -0.2) is 15.0 Å². The summed E-state index contributed by atoms with van der Waals surface area (Å²) in [4.78, 5) is 13.1. The maximum absolute atomic E-state index is 4.78. The number of fused-ring (bicyclic) bond motifs is 1. The van der Waals surface area contributed by atoms with Gasteiger partial charge in [0.2, 0.25) is 0 Å². The summed E-state index contributed by atoms with van der Waals surface area (Å²) < 4.78 is 2.21. The molecular formula is C16H17N5. The van der Waals surface area contributed by atoms with Crippen molar-refractivity contribution in [3.63, 3.8) is 0 Å². The molecule has 0 saturated heterocycles. The van der Waals surface area contributed by atoms with Gasteiger partial charge < -0.3 is 9.88 Å². The van der Waals surface area contributed by atoms with Gasteiger partial charge in [-0.3, -0.25) is 0 Å². The minimum absolute atomic E-state index is 0.656. The highest BCUT2D eigenvalue weighted by Gasteiger charge is 2.28. The molecule has 1 aliphatic carbocycles. The summed E-state index contributed by atoms with van der Waals surface area (Å²) >= 11 is 0. The van der Waals surface area contributed by atoms with E-state index in [-0.39, 0.29) is 0 Å². The third-order valence-electron chi connectivity index (χ3n) is 3.93. The normalized spacial score (nSPS) is 14.6. The van der Waals surface area contributed by atoms with E-state index in [2.05, 4.69) is 45.1 Å². The molecule has 0 unspecified atom stereocenters. The SMILES string of the molecule is Cc1cc(Nc2ccc3c(c2)nc(C2CC2)n3C)ncn1. The Morgan fingerprint density at radius 2 is 2.05 bits per heavy atom. The Labute approximate surface area is 123 Å². The first-order valence-corrected chi connectivity index (χ1v) is 7.23. The van der Waals surface area contributed by atoms with E-state index in [9.17, 15) is 0 Å². The summed E-state index contributed by atoms with van der Waals surface area (Å²) in [5, 5.41) is 3.31. The predicted octanol–water partition coefficient (Wildman–Crippen LogP) is 3.29. The Hall–Kier alpha value is -2.43. The highest BCUT2D eigenvalue weighted by Crippen LogP contribution is 2.40. The second kappa shape index (κ2) is 4.55. The number of benzene rings is 1. The van der Waals surface area contributed by atoms with Crippen LogP contribution in [0.3, 0.4) is 0 Å². The second-order valence-electron chi connectivity index (χ2n) is 5.68. The van der Waals surface area contributed by atoms with Gasteiger partial charge >= 0.3 is 0 Å². The number of imidazole rings is 1. The first-order chi connectivity index (χ1) is 10.2. The Morgan fingerprint density at radius 1 is 1.19 bits per heavy atom. The quantitative estimate of drug-likeness (QED) is 0.799. The molecule has 1 N–H and O–H groups in total. The number of anilines is 2. The van der Waals surface area contributed by atoms with Crippen LogP contribution in [-0.2, 0) is 7.05 Å². The molecule has 0 aliphatic heterocycles. The number of nitrogens with one attached hydrogen (secondary N) is 1. The molecule has 2 aromatic heterocycles. The molecule has 0 bridgehead atoms. The second-order valence-corrected chi connectivity index (χ2v) is 5.68. The fraction of sp³-hybridized carbons (Fsp3) is 0.312. The van der Waals surface area contributed by atoms with E-state index >= 15 is 0 Å². The zero-order valence-electron chi connectivity index (χ0n) is 12.2. The molecular weight excluding hydrogens is 262 g/mol. The highest BCUT2D eigenvalue weighted by molar-refractivity contribution is 5.81. The lowest BCUT2D eigenvalue weighted by Crippen LogP contribution is -1.96. The van der Waals surface area contributed by atoms with Gasteiger partial charge in [-0.1, -0.05) is 0 Å². The lowest BCUT2D eigenvalue weighted by molar-refractivity contribution is 0.820. The van der Waals surface area contributed by atoms with E-state index in [1.54, 1.807) is 6.33 Å². The zero-order valence-corrected chi connectivity index (χ0v) is 12.2. The van der Waals surface area contributed by atoms with Gasteiger partial charge in [-0.2, -0.15) is 0 Å². The van der Waals surface area contributed by atoms with Gasteiger partial charge in [-0.15, -0.1) is 0 Å². The van der Waals surface area contributed by atoms with E-state index in [4.69, 9.17) is 4.98 Å². The fourth-order valence-corrected chi connectivity index (χ4v) is 2.67. The Morgan fingerprint density at radius 3 is 2.81 bits per heavy atom. The molecule has 0 radical (unpaired) electrons. The van der Waals surface area contributed by atoms with Crippen LogP contribution >= 0.6 is 0 Å². The van der Waals surface area contributed by atoms with Crippen LogP contribution in [0.1, 0.15) is 30.3 Å². The van der Waals surface area contributed by atoms with E-state index in [1.165, 1.54) is 24.2 Å². The molecule has 4 rings (SSSR count). The van der Waals surface area contributed by atoms with Crippen molar-refractivity contribution in [2.45, 2.75) is 25.7 Å². The monoisotopic (exact) mass is 279 g/mol. The van der Waals surface area contributed by atoms with Crippen molar-refractivity contribution in [1.82, 2.24) is 19.5 Å². The van der Waals surface area contributed by atoms with Crippen molar-refractivity contribution in [1.29, 1.82) is 0 Å². The molecule has 0 atom stereocenters. The van der Waals surface area contributed by atoms with Gasteiger partial charge in [0, 0.05) is 30.4 Å². The zero-order chi connectivity index (χ0) is 14.4. The average Bonchev–Trinajstić information content (AvgIpc) is 3.24. The van der Waals surface area contributed by atoms with Crippen LogP contribution in [0.5, 0.6) is 0 Å². The molecule has 1 fully saturated rings. The van der Waals surface area contributed by atoms with Crippen molar-refractivity contribution in [3.05, 3.63) is 42.1 Å². The summed E-state index contributed by atoms with van der Waals surface area (Å²) in [6.07, 6.45) is 4.10. The lowest BCUT2D eigenvalue weighted by atomic mass is 10.2. The Kier molecular flexibility index (Phi) is 2.67. The third kappa shape index (κ3) is 2.24. The van der Waals surface area contributed by atoms with Crippen LogP contribution in [0.15, 0.2) is 30.6 Å². The number of hydrogen-bond acceptors (Lipinski definition) is 4. The highest BCUT2D eigenvalue weighted by atomic mass is 15.1. The van der Waals surface area contributed by atoms with Crippen molar-refractivity contribution < 1.29 is 0 Å². The largest absolute Gasteiger partial charge is 0.340 e. The van der Waals surface area contributed by atoms with E-state index in [0.717, 1.165) is 22.7 Å². The van der Waals surface area contributed by atoms with Crippen molar-refractivity contribution in [3.8, 4) is 0 Å². The van der Waals surface area contributed by atoms with E-state index < -0.39 is 0 Å². The minimum atomic E-state index is 0.656. The molecule has 0 spiro atoms. The predicted molar refractivity (Wildman–Crippen MR) is 82.7 cm³/mol. The molecule has 1 aliphatic rings. The standard InChI is InChI=1S/C16H17N5/c1-10-7-15(18-9-17-10)19-12-5-6-14-13(8-12)20-16(21(14)2)11-3-4-11/h5-9,11H,3-4H2,1-2H3,(H,17,18,19). The summed E-state index contributed by atoms with van der Waals surface area (Å²) in [5.41, 5.74) is 4.17. The van der Waals surface area contributed by atoms with Crippen LogP contribution in [0.25, 0.3) is 11.0 Å². The summed E-state index contributed by atoms with van der Waals surface area (Å²) in [6.45, 7) is 1.96. The van der Waals surface area contributed by atoms with E-state index in [1.807, 2.05) is 13.0 Å². The summed E-state index contributed by atoms with van der Waals surface area (Å²) in [5.74, 6) is 2.67. The molecule has 3 aromatic rings. The number of nitrogens with zero attached hydrogens (tertiary/aromatic N) is 4. The van der Waals surface area contributed by atoms with Crippen LogP contribution in [0.4, 0.5) is 11.5 Å². The smallest absolute Gasteiger partial charge is 0.133 e. The van der Waals surface area contributed by atoms with E-state index in [0.29, 0.717) is 5.92 Å². The Balaban J connectivity index is 1.70. The first kappa shape index (κ1) is 12.3. The van der Waals surface area contributed by atoms with Gasteiger partial charge in [-0.05, 0) is 38.0 Å². The molecule has 5 heteroatoms. The first-order valence-electron chi connectivity index (χ1n) is 7.23. The minimum Gasteiger partial charge on any atom is -0.340 e. The average molecular weight is 279 g/mol. The van der Waals surface area contributed by atoms with Crippen LogP contribution in [0.2, 0.25) is 0 Å². The van der Waals surface area contributed by atoms with Gasteiger partial charge in [0.25, 0.3) is 0 Å². The number of aromatic nitrogens is 4. The maximum atomic E-state index is 4.78. The van der Waals surface area contributed by atoms with Crippen molar-refractivity contribution >= 4 is 22.5 Å². The van der Waals surface area contributed by atoms with Crippen molar-refractivity contribution in [2.75, 3.05) is 5.32 Å². The number of aryl methyl sites for hydroxylation is 2. The van der Waals surface area contributed by atoms with Crippen LogP contribution in [-0.4, -0.2) is 19.5 Å². The van der Waals surface area contributed by atoms with Crippen LogP contribution in [0, 0.1) is 6.92 Å². The number of rotatable bonds is 3. The molecule has 21 heavy (non-hydrogen) atoms. The molecule has 106 valence electrons. The van der Waals surface area contributed by atoms with Gasteiger partial charge in [0.05, 0.1) is 11.0 Å². The van der Waals surface area contributed by atoms with Crippen LogP contribution < -0.4 is 5.32 Å². The molecule has 5 nitrogen and oxygen atoms in total.